The van der Waals surface area contributed by atoms with Crippen LogP contribution in [0.2, 0.25) is 0 Å². The topological polar surface area (TPSA) is 56.5 Å². The molecule has 0 bridgehead atoms. The summed E-state index contributed by atoms with van der Waals surface area (Å²) in [7, 11) is 0. The van der Waals surface area contributed by atoms with Gasteiger partial charge in [0.05, 0.1) is 5.52 Å². The van der Waals surface area contributed by atoms with Gasteiger partial charge >= 0.3 is 0 Å². The molecule has 0 spiro atoms. The maximum Gasteiger partial charge on any atom is 0.164 e. The minimum atomic E-state index is -0.276. The van der Waals surface area contributed by atoms with Crippen LogP contribution in [0, 0.1) is 0 Å². The summed E-state index contributed by atoms with van der Waals surface area (Å²) in [6, 6.07) is 64.1. The minimum absolute atomic E-state index is 0.276. The van der Waals surface area contributed by atoms with Crippen LogP contribution in [0.4, 0.5) is 0 Å². The Hall–Kier alpha value is -7.50. The molecule has 3 heterocycles. The van der Waals surface area contributed by atoms with Gasteiger partial charge in [-0.2, -0.15) is 0 Å². The Balaban J connectivity index is 1.01. The maximum absolute atomic E-state index is 5.16. The summed E-state index contributed by atoms with van der Waals surface area (Å²) >= 11 is 0. The van der Waals surface area contributed by atoms with E-state index in [1.54, 1.807) is 0 Å². The van der Waals surface area contributed by atoms with Crippen molar-refractivity contribution >= 4 is 21.9 Å². The fraction of sp³-hybridized carbons (Fsp3) is 0.0566. The zero-order valence-electron chi connectivity index (χ0n) is 32.1. The third kappa shape index (κ3) is 5.54. The number of hydrogen-bond acceptors (Lipinski definition) is 4. The van der Waals surface area contributed by atoms with Crippen molar-refractivity contribution in [3.05, 3.63) is 199 Å². The van der Waals surface area contributed by atoms with Gasteiger partial charge in [-0.25, -0.2) is 19.9 Å². The van der Waals surface area contributed by atoms with Crippen LogP contribution in [-0.2, 0) is 5.41 Å². The van der Waals surface area contributed by atoms with E-state index in [1.165, 1.54) is 38.8 Å². The zero-order chi connectivity index (χ0) is 38.8. The predicted octanol–water partition coefficient (Wildman–Crippen LogP) is 13.0. The highest BCUT2D eigenvalue weighted by atomic mass is 15.0. The molecule has 1 aliphatic carbocycles. The fourth-order valence-corrected chi connectivity index (χ4v) is 8.71. The third-order valence-corrected chi connectivity index (χ3v) is 11.7. The molecule has 58 heavy (non-hydrogen) atoms. The average Bonchev–Trinajstić information content (AvgIpc) is 3.74. The van der Waals surface area contributed by atoms with Gasteiger partial charge in [-0.05, 0) is 80.9 Å². The van der Waals surface area contributed by atoms with Crippen LogP contribution in [-0.4, -0.2) is 24.5 Å². The molecule has 274 valence electrons. The number of hydrogen-bond donors (Lipinski definition) is 0. The van der Waals surface area contributed by atoms with Crippen LogP contribution in [0.3, 0.4) is 0 Å². The highest BCUT2D eigenvalue weighted by molar-refractivity contribution is 6.07. The first kappa shape index (κ1) is 33.8. The largest absolute Gasteiger partial charge is 0.294 e. The second kappa shape index (κ2) is 13.3. The van der Waals surface area contributed by atoms with Crippen LogP contribution >= 0.6 is 0 Å². The fourth-order valence-electron chi connectivity index (χ4n) is 8.71. The van der Waals surface area contributed by atoms with Gasteiger partial charge in [0.2, 0.25) is 0 Å². The van der Waals surface area contributed by atoms with Gasteiger partial charge in [0.1, 0.15) is 5.65 Å². The van der Waals surface area contributed by atoms with Crippen LogP contribution in [0.15, 0.2) is 188 Å². The molecule has 0 radical (unpaired) electrons. The summed E-state index contributed by atoms with van der Waals surface area (Å²) in [6.07, 6.45) is 1.88. The number of nitrogens with zero attached hydrogens (tertiary/aromatic N) is 5. The Labute approximate surface area is 337 Å². The first-order chi connectivity index (χ1) is 28.5. The predicted molar refractivity (Wildman–Crippen MR) is 237 cm³/mol. The molecule has 10 aromatic rings. The van der Waals surface area contributed by atoms with Crippen molar-refractivity contribution in [3.63, 3.8) is 0 Å². The normalized spacial score (nSPS) is 12.8. The molecule has 0 fully saturated rings. The van der Waals surface area contributed by atoms with Crippen molar-refractivity contribution in [2.45, 2.75) is 19.3 Å². The second-order valence-electron chi connectivity index (χ2n) is 15.5. The first-order valence-corrected chi connectivity index (χ1v) is 19.7. The molecule has 0 saturated carbocycles. The SMILES string of the molecule is CC1(C)c2cc(-c3nc(-c4ccc(-c5ccccc5)cc4)nc(-c4ccc(-c5ccccc5)cc4)n3)ccc2-c2ccc(-n3c4ccccc4c4cccnc43)cc21. The number of rotatable bonds is 6. The van der Waals surface area contributed by atoms with E-state index >= 15 is 0 Å². The van der Waals surface area contributed by atoms with Crippen molar-refractivity contribution in [1.29, 1.82) is 0 Å². The Morgan fingerprint density at radius 3 is 1.48 bits per heavy atom. The van der Waals surface area contributed by atoms with Crippen molar-refractivity contribution < 1.29 is 0 Å². The molecule has 0 N–H and O–H groups in total. The van der Waals surface area contributed by atoms with E-state index in [9.17, 15) is 0 Å². The second-order valence-corrected chi connectivity index (χ2v) is 15.5. The molecule has 0 atom stereocenters. The van der Waals surface area contributed by atoms with Gasteiger partial charge in [0, 0.05) is 44.8 Å². The lowest BCUT2D eigenvalue weighted by atomic mass is 9.82. The van der Waals surface area contributed by atoms with Gasteiger partial charge in [0.25, 0.3) is 0 Å². The lowest BCUT2D eigenvalue weighted by molar-refractivity contribution is 0.660. The van der Waals surface area contributed by atoms with Crippen molar-refractivity contribution in [2.24, 2.45) is 0 Å². The Kier molecular flexibility index (Phi) is 7.76. The van der Waals surface area contributed by atoms with Crippen molar-refractivity contribution in [1.82, 2.24) is 24.5 Å². The number of aromatic nitrogens is 5. The Bertz CT molecular complexity index is 3010. The average molecular weight is 744 g/mol. The zero-order valence-corrected chi connectivity index (χ0v) is 32.1. The van der Waals surface area contributed by atoms with E-state index in [0.717, 1.165) is 50.1 Å². The minimum Gasteiger partial charge on any atom is -0.294 e. The molecule has 0 amide bonds. The van der Waals surface area contributed by atoms with Gasteiger partial charge < -0.3 is 0 Å². The molecular weight excluding hydrogens is 707 g/mol. The summed E-state index contributed by atoms with van der Waals surface area (Å²) < 4.78 is 2.29. The monoisotopic (exact) mass is 743 g/mol. The van der Waals surface area contributed by atoms with Crippen molar-refractivity contribution in [2.75, 3.05) is 0 Å². The number of benzene rings is 7. The highest BCUT2D eigenvalue weighted by Crippen LogP contribution is 2.50. The van der Waals surface area contributed by atoms with Crippen LogP contribution in [0.1, 0.15) is 25.0 Å². The van der Waals surface area contributed by atoms with E-state index in [4.69, 9.17) is 19.9 Å². The Morgan fingerprint density at radius 2 is 0.862 bits per heavy atom. The van der Waals surface area contributed by atoms with Gasteiger partial charge in [-0.15, -0.1) is 0 Å². The Morgan fingerprint density at radius 1 is 0.397 bits per heavy atom. The summed E-state index contributed by atoms with van der Waals surface area (Å²) in [5.74, 6) is 1.92. The van der Waals surface area contributed by atoms with E-state index in [-0.39, 0.29) is 5.41 Å². The number of fused-ring (bicyclic) bond motifs is 6. The summed E-state index contributed by atoms with van der Waals surface area (Å²) in [4.78, 5) is 20.3. The molecule has 1 aliphatic rings. The van der Waals surface area contributed by atoms with Crippen LogP contribution < -0.4 is 0 Å². The third-order valence-electron chi connectivity index (χ3n) is 11.7. The molecule has 5 nitrogen and oxygen atoms in total. The standard InChI is InChI=1S/C53H37N5/c1-53(2)46-32-40(27-29-42(46)43-30-28-41(33-47(43)53)58-48-18-10-9-16-44(48)45-17-11-31-54-52(45)58)51-56-49(38-23-19-36(20-24-38)34-12-5-3-6-13-34)55-50(57-51)39-25-21-37(22-26-39)35-14-7-4-8-15-35/h3-33H,1-2H3. The maximum atomic E-state index is 5.16. The highest BCUT2D eigenvalue weighted by Gasteiger charge is 2.36. The first-order valence-electron chi connectivity index (χ1n) is 19.7. The summed E-state index contributed by atoms with van der Waals surface area (Å²) in [6.45, 7) is 4.64. The summed E-state index contributed by atoms with van der Waals surface area (Å²) in [5, 5.41) is 2.36. The van der Waals surface area contributed by atoms with E-state index < -0.39 is 0 Å². The van der Waals surface area contributed by atoms with Crippen molar-refractivity contribution in [3.8, 4) is 73.2 Å². The lowest BCUT2D eigenvalue weighted by Gasteiger charge is -2.23. The van der Waals surface area contributed by atoms with E-state index in [2.05, 4.69) is 182 Å². The quantitative estimate of drug-likeness (QED) is 0.170. The molecule has 11 rings (SSSR count). The summed E-state index contributed by atoms with van der Waals surface area (Å²) in [5.41, 5.74) is 15.4. The van der Waals surface area contributed by atoms with E-state index in [1.807, 2.05) is 24.4 Å². The molecule has 0 unspecified atom stereocenters. The molecule has 0 aliphatic heterocycles. The number of pyridine rings is 1. The number of para-hydroxylation sites is 1. The lowest BCUT2D eigenvalue weighted by Crippen LogP contribution is -2.15. The smallest absolute Gasteiger partial charge is 0.164 e. The van der Waals surface area contributed by atoms with Gasteiger partial charge in [-0.3, -0.25) is 4.57 Å². The molecule has 3 aromatic heterocycles. The van der Waals surface area contributed by atoms with E-state index in [0.29, 0.717) is 17.5 Å². The van der Waals surface area contributed by atoms with Crippen LogP contribution in [0.25, 0.3) is 95.2 Å². The molecule has 5 heteroatoms. The molecular formula is C53H37N5. The molecule has 0 saturated heterocycles. The van der Waals surface area contributed by atoms with Gasteiger partial charge in [0.15, 0.2) is 17.5 Å². The van der Waals surface area contributed by atoms with Crippen LogP contribution in [0.5, 0.6) is 0 Å². The van der Waals surface area contributed by atoms with Gasteiger partial charge in [-0.1, -0.05) is 159 Å². The molecule has 7 aromatic carbocycles.